The maximum atomic E-state index is 10.0. The first-order valence-electron chi connectivity index (χ1n) is 17.0. The third kappa shape index (κ3) is 5.12. The van der Waals surface area contributed by atoms with Crippen LogP contribution < -0.4 is 0 Å². The molecule has 0 unspecified atom stereocenters. The molecule has 9 rings (SSSR count). The quantitative estimate of drug-likeness (QED) is 0.180. The first kappa shape index (κ1) is 30.1. The van der Waals surface area contributed by atoms with Crippen molar-refractivity contribution in [3.8, 4) is 62.5 Å². The smallest absolute Gasteiger partial charge is 0.164 e. The molecule has 8 aromatic rings. The molecule has 7 aromatic carbocycles. The molecule has 0 bridgehead atoms. The summed E-state index contributed by atoms with van der Waals surface area (Å²) >= 11 is 0. The van der Waals surface area contributed by atoms with Gasteiger partial charge in [0, 0.05) is 16.7 Å². The first-order chi connectivity index (χ1) is 25.2. The van der Waals surface area contributed by atoms with Gasteiger partial charge in [-0.3, -0.25) is 0 Å². The van der Waals surface area contributed by atoms with Crippen LogP contribution in [-0.4, -0.2) is 15.0 Å². The van der Waals surface area contributed by atoms with Gasteiger partial charge in [0.2, 0.25) is 0 Å². The molecule has 0 fully saturated rings. The molecule has 238 valence electrons. The summed E-state index contributed by atoms with van der Waals surface area (Å²) in [6.07, 6.45) is 0. The Hall–Kier alpha value is -6.96. The van der Waals surface area contributed by atoms with Crippen molar-refractivity contribution in [2.75, 3.05) is 0 Å². The number of rotatable bonds is 6. The second-order valence-corrected chi connectivity index (χ2v) is 12.7. The first-order valence-corrected chi connectivity index (χ1v) is 17.0. The number of hydrogen-bond acceptors (Lipinski definition) is 4. The van der Waals surface area contributed by atoms with Gasteiger partial charge >= 0.3 is 0 Å². The Morgan fingerprint density at radius 2 is 0.765 bits per heavy atom. The predicted octanol–water partition coefficient (Wildman–Crippen LogP) is 10.8. The lowest BCUT2D eigenvalue weighted by Crippen LogP contribution is -2.28. The van der Waals surface area contributed by atoms with E-state index in [9.17, 15) is 5.26 Å². The summed E-state index contributed by atoms with van der Waals surface area (Å²) in [7, 11) is 0. The van der Waals surface area contributed by atoms with E-state index in [1.807, 2.05) is 54.6 Å². The number of nitriles is 1. The molecule has 4 heteroatoms. The fraction of sp³-hybridized carbons (Fsp3) is 0.0213. The molecule has 0 N–H and O–H groups in total. The van der Waals surface area contributed by atoms with Gasteiger partial charge in [-0.05, 0) is 62.7 Å². The van der Waals surface area contributed by atoms with Gasteiger partial charge in [0.15, 0.2) is 17.5 Å². The molecular weight excluding hydrogens is 621 g/mol. The Kier molecular flexibility index (Phi) is 7.38. The molecule has 0 atom stereocenters. The molecule has 1 heterocycles. The van der Waals surface area contributed by atoms with E-state index in [2.05, 4.69) is 133 Å². The minimum atomic E-state index is -0.665. The minimum Gasteiger partial charge on any atom is -0.208 e. The molecule has 4 nitrogen and oxygen atoms in total. The van der Waals surface area contributed by atoms with Crippen LogP contribution in [0, 0.1) is 11.3 Å². The highest BCUT2D eigenvalue weighted by atomic mass is 15.0. The van der Waals surface area contributed by atoms with E-state index in [0.29, 0.717) is 23.0 Å². The Balaban J connectivity index is 1.27. The summed E-state index contributed by atoms with van der Waals surface area (Å²) in [6.45, 7) is 0. The number of hydrogen-bond donors (Lipinski definition) is 0. The fourth-order valence-electron chi connectivity index (χ4n) is 7.49. The van der Waals surface area contributed by atoms with Crippen LogP contribution in [0.25, 0.3) is 56.4 Å². The van der Waals surface area contributed by atoms with Gasteiger partial charge in [-0.1, -0.05) is 164 Å². The second-order valence-electron chi connectivity index (χ2n) is 12.7. The molecule has 0 amide bonds. The van der Waals surface area contributed by atoms with Crippen molar-refractivity contribution in [2.24, 2.45) is 0 Å². The van der Waals surface area contributed by atoms with Crippen molar-refractivity contribution < 1.29 is 0 Å². The van der Waals surface area contributed by atoms with Gasteiger partial charge < -0.3 is 0 Å². The number of aromatic nitrogens is 3. The Morgan fingerprint density at radius 3 is 1.31 bits per heavy atom. The van der Waals surface area contributed by atoms with Crippen molar-refractivity contribution in [1.29, 1.82) is 5.26 Å². The standard InChI is InChI=1S/C47H30N4/c48-31-32-21-27-40-41-28-26-37(30-43(41)47(42(40)29-32,38-17-9-3-10-18-38)39-19-11-4-12-20-39)46-50-44(35-15-7-2-8-16-35)49-45(51-46)36-24-22-34(23-25-36)33-13-5-1-6-14-33/h1-30H. The fourth-order valence-corrected chi connectivity index (χ4v) is 7.49. The van der Waals surface area contributed by atoms with E-state index in [4.69, 9.17) is 15.0 Å². The van der Waals surface area contributed by atoms with Gasteiger partial charge in [0.1, 0.15) is 0 Å². The highest BCUT2D eigenvalue weighted by Gasteiger charge is 2.46. The van der Waals surface area contributed by atoms with Crippen LogP contribution in [0.3, 0.4) is 0 Å². The minimum absolute atomic E-state index is 0.595. The van der Waals surface area contributed by atoms with E-state index in [1.54, 1.807) is 0 Å². The van der Waals surface area contributed by atoms with E-state index in [-0.39, 0.29) is 0 Å². The topological polar surface area (TPSA) is 62.5 Å². The summed E-state index contributed by atoms with van der Waals surface area (Å²) in [5, 5.41) is 10.0. The molecule has 0 saturated heterocycles. The monoisotopic (exact) mass is 650 g/mol. The summed E-state index contributed by atoms with van der Waals surface area (Å²) in [5.74, 6) is 1.82. The van der Waals surface area contributed by atoms with Crippen LogP contribution in [-0.2, 0) is 5.41 Å². The van der Waals surface area contributed by atoms with Crippen LogP contribution in [0.15, 0.2) is 182 Å². The van der Waals surface area contributed by atoms with Gasteiger partial charge in [-0.15, -0.1) is 0 Å². The summed E-state index contributed by atoms with van der Waals surface area (Å²) < 4.78 is 0. The maximum absolute atomic E-state index is 10.0. The van der Waals surface area contributed by atoms with Gasteiger partial charge in [0.25, 0.3) is 0 Å². The number of benzene rings is 7. The lowest BCUT2D eigenvalue weighted by Gasteiger charge is -2.34. The van der Waals surface area contributed by atoms with Crippen molar-refractivity contribution in [3.05, 3.63) is 210 Å². The summed E-state index contributed by atoms with van der Waals surface area (Å²) in [5.41, 5.74) is 11.7. The van der Waals surface area contributed by atoms with E-state index in [0.717, 1.165) is 61.2 Å². The van der Waals surface area contributed by atoms with Gasteiger partial charge in [0.05, 0.1) is 17.0 Å². The molecule has 51 heavy (non-hydrogen) atoms. The molecule has 0 saturated carbocycles. The van der Waals surface area contributed by atoms with Crippen LogP contribution in [0.5, 0.6) is 0 Å². The van der Waals surface area contributed by atoms with E-state index < -0.39 is 5.41 Å². The number of nitrogens with zero attached hydrogens (tertiary/aromatic N) is 4. The zero-order chi connectivity index (χ0) is 34.2. The lowest BCUT2D eigenvalue weighted by molar-refractivity contribution is 0.768. The van der Waals surface area contributed by atoms with Gasteiger partial charge in [-0.2, -0.15) is 5.26 Å². The molecule has 0 aliphatic heterocycles. The lowest BCUT2D eigenvalue weighted by atomic mass is 9.67. The predicted molar refractivity (Wildman–Crippen MR) is 204 cm³/mol. The summed E-state index contributed by atoms with van der Waals surface area (Å²) in [6, 6.07) is 65.0. The third-order valence-electron chi connectivity index (χ3n) is 9.86. The summed E-state index contributed by atoms with van der Waals surface area (Å²) in [4.78, 5) is 15.2. The molecule has 0 spiro atoms. The average Bonchev–Trinajstić information content (AvgIpc) is 3.51. The van der Waals surface area contributed by atoms with Crippen molar-refractivity contribution >= 4 is 0 Å². The SMILES string of the molecule is N#Cc1ccc2c(c1)C(c1ccccc1)(c1ccccc1)c1cc(-c3nc(-c4ccccc4)nc(-c4ccc(-c5ccccc5)cc4)n3)ccc1-2. The third-order valence-corrected chi connectivity index (χ3v) is 9.86. The highest BCUT2D eigenvalue weighted by molar-refractivity contribution is 5.88. The van der Waals surface area contributed by atoms with Crippen LogP contribution >= 0.6 is 0 Å². The zero-order valence-electron chi connectivity index (χ0n) is 27.6. The molecule has 1 aliphatic carbocycles. The van der Waals surface area contributed by atoms with E-state index in [1.165, 1.54) is 0 Å². The van der Waals surface area contributed by atoms with Crippen molar-refractivity contribution in [1.82, 2.24) is 15.0 Å². The largest absolute Gasteiger partial charge is 0.208 e. The Morgan fingerprint density at radius 1 is 0.373 bits per heavy atom. The molecule has 1 aliphatic rings. The normalized spacial score (nSPS) is 12.5. The average molecular weight is 651 g/mol. The van der Waals surface area contributed by atoms with Gasteiger partial charge in [-0.25, -0.2) is 15.0 Å². The van der Waals surface area contributed by atoms with Crippen LogP contribution in [0.1, 0.15) is 27.8 Å². The molecular formula is C47H30N4. The zero-order valence-corrected chi connectivity index (χ0v) is 27.6. The maximum Gasteiger partial charge on any atom is 0.164 e. The Bertz CT molecular complexity index is 2520. The van der Waals surface area contributed by atoms with Crippen LogP contribution in [0.4, 0.5) is 0 Å². The molecule has 0 radical (unpaired) electrons. The van der Waals surface area contributed by atoms with E-state index >= 15 is 0 Å². The number of fused-ring (bicyclic) bond motifs is 3. The molecule has 1 aromatic heterocycles. The van der Waals surface area contributed by atoms with Crippen molar-refractivity contribution in [2.45, 2.75) is 5.41 Å². The Labute approximate surface area is 297 Å². The highest BCUT2D eigenvalue weighted by Crippen LogP contribution is 2.56. The van der Waals surface area contributed by atoms with Crippen molar-refractivity contribution in [3.63, 3.8) is 0 Å². The second kappa shape index (κ2) is 12.5. The van der Waals surface area contributed by atoms with Crippen LogP contribution in [0.2, 0.25) is 0 Å².